The molecule has 0 spiro atoms. The van der Waals surface area contributed by atoms with Crippen LogP contribution in [0.15, 0.2) is 18.5 Å². The molecule has 0 saturated carbocycles. The van der Waals surface area contributed by atoms with E-state index in [-0.39, 0.29) is 5.88 Å². The van der Waals surface area contributed by atoms with Crippen LogP contribution < -0.4 is 9.47 Å². The van der Waals surface area contributed by atoms with Crippen LogP contribution in [0.1, 0.15) is 28.6 Å². The Morgan fingerprint density at radius 1 is 1.05 bits per heavy atom. The van der Waals surface area contributed by atoms with Crippen molar-refractivity contribution in [3.8, 4) is 11.8 Å². The molecule has 20 heavy (non-hydrogen) atoms. The topological polar surface area (TPSA) is 77.4 Å². The van der Waals surface area contributed by atoms with Gasteiger partial charge in [-0.2, -0.15) is 4.98 Å². The molecule has 1 N–H and O–H groups in total. The summed E-state index contributed by atoms with van der Waals surface area (Å²) in [5.41, 5.74) is 2.77. The van der Waals surface area contributed by atoms with Gasteiger partial charge in [-0.15, -0.1) is 0 Å². The summed E-state index contributed by atoms with van der Waals surface area (Å²) in [4.78, 5) is 12.5. The minimum absolute atomic E-state index is 0.221. The quantitative estimate of drug-likeness (QED) is 0.913. The van der Waals surface area contributed by atoms with Crippen molar-refractivity contribution in [2.24, 2.45) is 0 Å². The van der Waals surface area contributed by atoms with Gasteiger partial charge in [0.15, 0.2) is 0 Å². The van der Waals surface area contributed by atoms with Gasteiger partial charge in [-0.1, -0.05) is 6.07 Å². The minimum atomic E-state index is -0.996. The first-order valence-electron chi connectivity index (χ1n) is 6.13. The fraction of sp³-hybridized carbons (Fsp3) is 0.357. The molecule has 106 valence electrons. The van der Waals surface area contributed by atoms with E-state index in [1.54, 1.807) is 6.20 Å². The number of rotatable bonds is 4. The third kappa shape index (κ3) is 2.70. The van der Waals surface area contributed by atoms with Crippen molar-refractivity contribution in [3.63, 3.8) is 0 Å². The molecule has 2 rings (SSSR count). The largest absolute Gasteiger partial charge is 0.480 e. The summed E-state index contributed by atoms with van der Waals surface area (Å²) in [7, 11) is 2.96. The molecule has 0 amide bonds. The number of hydrogen-bond donors (Lipinski definition) is 1. The maximum absolute atomic E-state index is 10.5. The van der Waals surface area contributed by atoms with Gasteiger partial charge in [0.2, 0.25) is 11.8 Å². The Labute approximate surface area is 117 Å². The van der Waals surface area contributed by atoms with E-state index in [1.807, 2.05) is 19.9 Å². The highest BCUT2D eigenvalue weighted by atomic mass is 16.5. The lowest BCUT2D eigenvalue weighted by Crippen LogP contribution is -2.10. The third-order valence-corrected chi connectivity index (χ3v) is 2.92. The zero-order valence-electron chi connectivity index (χ0n) is 11.9. The lowest BCUT2D eigenvalue weighted by molar-refractivity contribution is 0.201. The summed E-state index contributed by atoms with van der Waals surface area (Å²) in [6.45, 7) is 3.84. The van der Waals surface area contributed by atoms with Crippen molar-refractivity contribution >= 4 is 0 Å². The number of hydrogen-bond acceptors (Lipinski definition) is 6. The van der Waals surface area contributed by atoms with E-state index >= 15 is 0 Å². The van der Waals surface area contributed by atoms with E-state index in [0.29, 0.717) is 17.3 Å². The molecule has 0 saturated heterocycles. The lowest BCUT2D eigenvalue weighted by Gasteiger charge is -2.15. The lowest BCUT2D eigenvalue weighted by atomic mass is 10.1. The van der Waals surface area contributed by atoms with Gasteiger partial charge in [0, 0.05) is 6.20 Å². The first-order chi connectivity index (χ1) is 9.56. The number of nitrogens with zero attached hydrogens (tertiary/aromatic N) is 3. The number of methoxy groups -OCH3 is 2. The van der Waals surface area contributed by atoms with Crippen LogP contribution in [0.2, 0.25) is 0 Å². The van der Waals surface area contributed by atoms with E-state index < -0.39 is 6.10 Å². The van der Waals surface area contributed by atoms with Crippen LogP contribution in [0.5, 0.6) is 11.8 Å². The predicted octanol–water partition coefficient (Wildman–Crippen LogP) is 1.59. The highest BCUT2D eigenvalue weighted by molar-refractivity contribution is 5.34. The number of aliphatic hydroxyl groups excluding tert-OH is 1. The number of aromatic nitrogens is 3. The van der Waals surface area contributed by atoms with Crippen LogP contribution in [-0.4, -0.2) is 34.3 Å². The summed E-state index contributed by atoms with van der Waals surface area (Å²) in [5.74, 6) is 0.546. The fourth-order valence-corrected chi connectivity index (χ4v) is 1.94. The summed E-state index contributed by atoms with van der Waals surface area (Å²) in [6.07, 6.45) is 2.14. The van der Waals surface area contributed by atoms with E-state index in [2.05, 4.69) is 15.0 Å². The molecule has 0 aliphatic heterocycles. The van der Waals surface area contributed by atoms with Crippen molar-refractivity contribution in [2.75, 3.05) is 14.2 Å². The van der Waals surface area contributed by atoms with Gasteiger partial charge >= 0.3 is 0 Å². The third-order valence-electron chi connectivity index (χ3n) is 2.92. The van der Waals surface area contributed by atoms with Crippen LogP contribution in [0, 0.1) is 13.8 Å². The normalized spacial score (nSPS) is 12.1. The SMILES string of the molecule is COc1cnc(C(O)c2ncc(C)cc2C)c(OC)n1. The smallest absolute Gasteiger partial charge is 0.241 e. The Bertz CT molecular complexity index is 617. The molecule has 1 atom stereocenters. The van der Waals surface area contributed by atoms with Gasteiger partial charge in [-0.25, -0.2) is 4.98 Å². The van der Waals surface area contributed by atoms with Crippen LogP contribution in [0.25, 0.3) is 0 Å². The maximum atomic E-state index is 10.5. The van der Waals surface area contributed by atoms with Crippen LogP contribution >= 0.6 is 0 Å². The molecule has 2 aromatic heterocycles. The van der Waals surface area contributed by atoms with Crippen molar-refractivity contribution < 1.29 is 14.6 Å². The summed E-state index contributed by atoms with van der Waals surface area (Å²) >= 11 is 0. The molecule has 6 heteroatoms. The summed E-state index contributed by atoms with van der Waals surface area (Å²) in [6, 6.07) is 1.95. The number of aryl methyl sites for hydroxylation is 2. The summed E-state index contributed by atoms with van der Waals surface area (Å²) < 4.78 is 10.1. The highest BCUT2D eigenvalue weighted by Gasteiger charge is 2.22. The molecule has 2 aromatic rings. The van der Waals surface area contributed by atoms with Crippen LogP contribution in [-0.2, 0) is 0 Å². The monoisotopic (exact) mass is 275 g/mol. The zero-order valence-corrected chi connectivity index (χ0v) is 11.9. The predicted molar refractivity (Wildman–Crippen MR) is 72.9 cm³/mol. The Hall–Kier alpha value is -2.21. The van der Waals surface area contributed by atoms with Gasteiger partial charge < -0.3 is 14.6 Å². The zero-order chi connectivity index (χ0) is 14.7. The van der Waals surface area contributed by atoms with E-state index in [9.17, 15) is 5.11 Å². The van der Waals surface area contributed by atoms with Gasteiger partial charge in [0.05, 0.1) is 26.1 Å². The number of pyridine rings is 1. The average Bonchev–Trinajstić information content (AvgIpc) is 2.46. The molecule has 0 bridgehead atoms. The van der Waals surface area contributed by atoms with Crippen molar-refractivity contribution in [1.82, 2.24) is 15.0 Å². The first kappa shape index (κ1) is 14.2. The molecule has 0 aliphatic carbocycles. The van der Waals surface area contributed by atoms with E-state index in [1.165, 1.54) is 20.4 Å². The van der Waals surface area contributed by atoms with Gasteiger partial charge in [0.1, 0.15) is 11.8 Å². The van der Waals surface area contributed by atoms with Crippen molar-refractivity contribution in [2.45, 2.75) is 20.0 Å². The molecular weight excluding hydrogens is 258 g/mol. The van der Waals surface area contributed by atoms with Crippen molar-refractivity contribution in [3.05, 3.63) is 41.0 Å². The second-order valence-electron chi connectivity index (χ2n) is 4.42. The second-order valence-corrected chi connectivity index (χ2v) is 4.42. The number of ether oxygens (including phenoxy) is 2. The molecule has 0 aromatic carbocycles. The fourth-order valence-electron chi connectivity index (χ4n) is 1.94. The van der Waals surface area contributed by atoms with Gasteiger partial charge in [-0.05, 0) is 25.0 Å². The van der Waals surface area contributed by atoms with E-state index in [4.69, 9.17) is 9.47 Å². The Morgan fingerprint density at radius 2 is 1.75 bits per heavy atom. The Morgan fingerprint density at radius 3 is 2.35 bits per heavy atom. The Balaban J connectivity index is 2.44. The first-order valence-corrected chi connectivity index (χ1v) is 6.13. The molecule has 1 unspecified atom stereocenters. The van der Waals surface area contributed by atoms with Crippen LogP contribution in [0.4, 0.5) is 0 Å². The minimum Gasteiger partial charge on any atom is -0.480 e. The second kappa shape index (κ2) is 5.83. The van der Waals surface area contributed by atoms with Crippen LogP contribution in [0.3, 0.4) is 0 Å². The molecule has 0 aliphatic rings. The molecular formula is C14H17N3O3. The van der Waals surface area contributed by atoms with Gasteiger partial charge in [0.25, 0.3) is 0 Å². The van der Waals surface area contributed by atoms with Crippen molar-refractivity contribution in [1.29, 1.82) is 0 Å². The summed E-state index contributed by atoms with van der Waals surface area (Å²) in [5, 5.41) is 10.5. The van der Waals surface area contributed by atoms with Gasteiger partial charge in [-0.3, -0.25) is 4.98 Å². The maximum Gasteiger partial charge on any atom is 0.241 e. The molecule has 0 radical (unpaired) electrons. The average molecular weight is 275 g/mol. The van der Waals surface area contributed by atoms with E-state index in [0.717, 1.165) is 11.1 Å². The highest BCUT2D eigenvalue weighted by Crippen LogP contribution is 2.28. The molecule has 6 nitrogen and oxygen atoms in total. The molecule has 0 fully saturated rings. The standard InChI is InChI=1S/C14H17N3O3/c1-8-5-9(2)11(15-6-8)13(18)12-14(20-4)17-10(19-3)7-16-12/h5-7,13,18H,1-4H3. The number of aliphatic hydroxyl groups is 1. The molecule has 2 heterocycles. The Kier molecular flexibility index (Phi) is 4.14.